The summed E-state index contributed by atoms with van der Waals surface area (Å²) in [4.78, 5) is 12.6. The van der Waals surface area contributed by atoms with Crippen molar-refractivity contribution in [1.82, 2.24) is 0 Å². The minimum Gasteiger partial charge on any atom is -0.322 e. The predicted molar refractivity (Wildman–Crippen MR) is 106 cm³/mol. The Hall–Kier alpha value is -2.64. The lowest BCUT2D eigenvalue weighted by molar-refractivity contribution is 0.102. The number of hydrogen-bond acceptors (Lipinski definition) is 3. The van der Waals surface area contributed by atoms with Gasteiger partial charge in [-0.05, 0) is 42.5 Å². The lowest BCUT2D eigenvalue weighted by Gasteiger charge is -2.13. The number of rotatable bonds is 5. The topological polar surface area (TPSA) is 75.3 Å². The first-order valence-electron chi connectivity index (χ1n) is 7.69. The van der Waals surface area contributed by atoms with Crippen LogP contribution in [0, 0.1) is 0 Å². The molecule has 0 aliphatic carbocycles. The molecule has 0 spiro atoms. The van der Waals surface area contributed by atoms with Crippen molar-refractivity contribution < 1.29 is 13.2 Å². The van der Waals surface area contributed by atoms with Gasteiger partial charge < -0.3 is 5.32 Å². The van der Waals surface area contributed by atoms with Crippen LogP contribution in [-0.2, 0) is 10.0 Å². The lowest BCUT2D eigenvalue weighted by Crippen LogP contribution is -2.20. The minimum atomic E-state index is -3.93. The lowest BCUT2D eigenvalue weighted by atomic mass is 10.2. The van der Waals surface area contributed by atoms with E-state index in [2.05, 4.69) is 26.0 Å². The van der Waals surface area contributed by atoms with Gasteiger partial charge in [-0.15, -0.1) is 0 Å². The van der Waals surface area contributed by atoms with Gasteiger partial charge in [0, 0.05) is 15.8 Å². The van der Waals surface area contributed by atoms with E-state index in [9.17, 15) is 13.2 Å². The summed E-state index contributed by atoms with van der Waals surface area (Å²) in [5.74, 6) is -0.508. The van der Waals surface area contributed by atoms with Gasteiger partial charge in [0.05, 0.1) is 5.56 Å². The minimum absolute atomic E-state index is 0.0478. The maximum atomic E-state index is 12.8. The zero-order valence-corrected chi connectivity index (χ0v) is 15.9. The van der Waals surface area contributed by atoms with Crippen molar-refractivity contribution in [1.29, 1.82) is 0 Å². The van der Waals surface area contributed by atoms with Crippen LogP contribution in [0.5, 0.6) is 0 Å². The number of anilines is 2. The normalized spacial score (nSPS) is 11.0. The van der Waals surface area contributed by atoms with Crippen molar-refractivity contribution in [2.75, 3.05) is 10.0 Å². The van der Waals surface area contributed by atoms with Crippen LogP contribution < -0.4 is 10.0 Å². The van der Waals surface area contributed by atoms with Crippen molar-refractivity contribution in [3.05, 3.63) is 88.9 Å². The quantitative estimate of drug-likeness (QED) is 0.625. The van der Waals surface area contributed by atoms with E-state index in [1.165, 1.54) is 12.1 Å². The van der Waals surface area contributed by atoms with E-state index in [-0.39, 0.29) is 10.5 Å². The molecule has 0 aromatic heterocycles. The number of halogens is 1. The number of amides is 1. The second kappa shape index (κ2) is 7.72. The highest BCUT2D eigenvalue weighted by molar-refractivity contribution is 9.10. The van der Waals surface area contributed by atoms with Gasteiger partial charge in [0.1, 0.15) is 4.90 Å². The molecule has 7 heteroatoms. The van der Waals surface area contributed by atoms with Gasteiger partial charge in [-0.25, -0.2) is 8.42 Å². The maximum Gasteiger partial charge on any atom is 0.262 e. The fraction of sp³-hybridized carbons (Fsp3) is 0. The molecule has 0 heterocycles. The average molecular weight is 431 g/mol. The smallest absolute Gasteiger partial charge is 0.262 e. The largest absolute Gasteiger partial charge is 0.322 e. The number of sulfonamides is 1. The summed E-state index contributed by atoms with van der Waals surface area (Å²) in [6.45, 7) is 0. The van der Waals surface area contributed by atoms with E-state index < -0.39 is 15.9 Å². The molecule has 0 fully saturated rings. The number of carbonyl (C=O) groups is 1. The Kier molecular flexibility index (Phi) is 5.39. The first kappa shape index (κ1) is 18.2. The molecule has 3 rings (SSSR count). The molecule has 3 aromatic carbocycles. The molecule has 26 heavy (non-hydrogen) atoms. The molecular weight excluding hydrogens is 416 g/mol. The molecular formula is C19H15BrN2O3S. The summed E-state index contributed by atoms with van der Waals surface area (Å²) in [6.07, 6.45) is 0. The van der Waals surface area contributed by atoms with Crippen molar-refractivity contribution in [3.8, 4) is 0 Å². The van der Waals surface area contributed by atoms with Crippen LogP contribution in [0.3, 0.4) is 0 Å². The number of para-hydroxylation sites is 2. The van der Waals surface area contributed by atoms with Crippen molar-refractivity contribution in [2.24, 2.45) is 0 Å². The summed E-state index contributed by atoms with van der Waals surface area (Å²) in [6, 6.07) is 21.8. The zero-order valence-electron chi connectivity index (χ0n) is 13.5. The third-order valence-corrected chi connectivity index (χ3v) is 5.47. The molecule has 0 aliphatic heterocycles. The molecule has 0 unspecified atom stereocenters. The van der Waals surface area contributed by atoms with E-state index in [0.717, 1.165) is 0 Å². The molecule has 0 aliphatic rings. The van der Waals surface area contributed by atoms with Gasteiger partial charge in [-0.3, -0.25) is 9.52 Å². The van der Waals surface area contributed by atoms with Crippen LogP contribution in [0.1, 0.15) is 10.4 Å². The van der Waals surface area contributed by atoms with Gasteiger partial charge in [0.2, 0.25) is 0 Å². The second-order valence-electron chi connectivity index (χ2n) is 5.43. The van der Waals surface area contributed by atoms with Crippen LogP contribution in [0.15, 0.2) is 88.2 Å². The highest BCUT2D eigenvalue weighted by Gasteiger charge is 2.23. The van der Waals surface area contributed by atoms with Gasteiger partial charge >= 0.3 is 0 Å². The van der Waals surface area contributed by atoms with Gasteiger partial charge in [-0.2, -0.15) is 0 Å². The molecule has 5 nitrogen and oxygen atoms in total. The van der Waals surface area contributed by atoms with E-state index in [1.54, 1.807) is 60.7 Å². The van der Waals surface area contributed by atoms with Crippen LogP contribution in [-0.4, -0.2) is 14.3 Å². The SMILES string of the molecule is O=C(Nc1ccccc1)c1cc(Br)ccc1S(=O)(=O)Nc1ccccc1. The molecule has 3 aromatic rings. The average Bonchev–Trinajstić information content (AvgIpc) is 2.62. The number of nitrogens with one attached hydrogen (secondary N) is 2. The fourth-order valence-electron chi connectivity index (χ4n) is 2.35. The Labute approximate surface area is 160 Å². The number of carbonyl (C=O) groups excluding carboxylic acids is 1. The van der Waals surface area contributed by atoms with Gasteiger partial charge in [0.25, 0.3) is 15.9 Å². The van der Waals surface area contributed by atoms with Gasteiger partial charge in [-0.1, -0.05) is 52.3 Å². The molecule has 2 N–H and O–H groups in total. The van der Waals surface area contributed by atoms with Crippen molar-refractivity contribution in [2.45, 2.75) is 4.90 Å². The molecule has 0 bridgehead atoms. The summed E-state index contributed by atoms with van der Waals surface area (Å²) in [5.41, 5.74) is 1.05. The Morgan fingerprint density at radius 3 is 2.00 bits per heavy atom. The Balaban J connectivity index is 1.96. The molecule has 0 saturated carbocycles. The van der Waals surface area contributed by atoms with Crippen LogP contribution >= 0.6 is 15.9 Å². The highest BCUT2D eigenvalue weighted by atomic mass is 79.9. The summed E-state index contributed by atoms with van der Waals surface area (Å²) >= 11 is 3.29. The third kappa shape index (κ3) is 4.30. The van der Waals surface area contributed by atoms with E-state index in [1.807, 2.05) is 6.07 Å². The van der Waals surface area contributed by atoms with E-state index in [4.69, 9.17) is 0 Å². The Bertz CT molecular complexity index is 1020. The Morgan fingerprint density at radius 2 is 1.38 bits per heavy atom. The first-order chi connectivity index (χ1) is 12.5. The van der Waals surface area contributed by atoms with E-state index >= 15 is 0 Å². The van der Waals surface area contributed by atoms with E-state index in [0.29, 0.717) is 15.8 Å². The number of hydrogen-bond donors (Lipinski definition) is 2. The third-order valence-electron chi connectivity index (χ3n) is 3.53. The molecule has 0 radical (unpaired) electrons. The van der Waals surface area contributed by atoms with Crippen molar-refractivity contribution in [3.63, 3.8) is 0 Å². The first-order valence-corrected chi connectivity index (χ1v) is 9.97. The fourth-order valence-corrected chi connectivity index (χ4v) is 3.96. The Morgan fingerprint density at radius 1 is 0.808 bits per heavy atom. The van der Waals surface area contributed by atoms with Crippen LogP contribution in [0.25, 0.3) is 0 Å². The highest BCUT2D eigenvalue weighted by Crippen LogP contribution is 2.24. The summed E-state index contributed by atoms with van der Waals surface area (Å²) < 4.78 is 28.7. The van der Waals surface area contributed by atoms with Gasteiger partial charge in [0.15, 0.2) is 0 Å². The number of benzene rings is 3. The molecule has 0 atom stereocenters. The molecule has 132 valence electrons. The van der Waals surface area contributed by atoms with Crippen molar-refractivity contribution >= 4 is 43.2 Å². The second-order valence-corrected chi connectivity index (χ2v) is 8.00. The predicted octanol–water partition coefficient (Wildman–Crippen LogP) is 4.50. The molecule has 1 amide bonds. The summed E-state index contributed by atoms with van der Waals surface area (Å²) in [5, 5.41) is 2.71. The summed E-state index contributed by atoms with van der Waals surface area (Å²) in [7, 11) is -3.93. The van der Waals surface area contributed by atoms with Crippen LogP contribution in [0.2, 0.25) is 0 Å². The van der Waals surface area contributed by atoms with Crippen LogP contribution in [0.4, 0.5) is 11.4 Å². The monoisotopic (exact) mass is 430 g/mol. The maximum absolute atomic E-state index is 12.8. The standard InChI is InChI=1S/C19H15BrN2O3S/c20-14-11-12-18(26(24,25)22-16-9-5-2-6-10-16)17(13-14)19(23)21-15-7-3-1-4-8-15/h1-13,22H,(H,21,23). The zero-order chi connectivity index (χ0) is 18.6. The molecule has 0 saturated heterocycles.